The third-order valence-corrected chi connectivity index (χ3v) is 4.03. The van der Waals surface area contributed by atoms with Crippen molar-refractivity contribution in [1.29, 1.82) is 0 Å². The zero-order valence-electron chi connectivity index (χ0n) is 8.46. The maximum Gasteiger partial charge on any atom is 0.169 e. The Balaban J connectivity index is 2.46. The smallest absolute Gasteiger partial charge is 0.169 e. The molecule has 2 rings (SSSR count). The molecule has 0 radical (unpaired) electrons. The van der Waals surface area contributed by atoms with Gasteiger partial charge in [0, 0.05) is 14.9 Å². The van der Waals surface area contributed by atoms with E-state index in [9.17, 15) is 9.18 Å². The van der Waals surface area contributed by atoms with E-state index in [4.69, 9.17) is 0 Å². The largest absolute Gasteiger partial charge is 0.294 e. The average Bonchev–Trinajstić information content (AvgIpc) is 2.66. The minimum Gasteiger partial charge on any atom is -0.294 e. The molecule has 0 unspecified atom stereocenters. The fourth-order valence-electron chi connectivity index (χ4n) is 1.36. The quantitative estimate of drug-likeness (QED) is 0.745. The SMILES string of the molecule is CC(=O)c1ccc(-c2ccc(F)cc2Br)s1. The maximum absolute atomic E-state index is 12.9. The minimum absolute atomic E-state index is 0.0504. The summed E-state index contributed by atoms with van der Waals surface area (Å²) in [4.78, 5) is 12.8. The molecule has 0 spiro atoms. The monoisotopic (exact) mass is 298 g/mol. The van der Waals surface area contributed by atoms with Crippen LogP contribution in [-0.4, -0.2) is 5.78 Å². The Labute approximate surface area is 105 Å². The maximum atomic E-state index is 12.9. The molecule has 0 aliphatic rings. The first-order valence-electron chi connectivity index (χ1n) is 4.64. The van der Waals surface area contributed by atoms with Gasteiger partial charge in [0.05, 0.1) is 4.88 Å². The van der Waals surface area contributed by atoms with Gasteiger partial charge in [0.1, 0.15) is 5.82 Å². The number of carbonyl (C=O) groups is 1. The van der Waals surface area contributed by atoms with Crippen molar-refractivity contribution in [3.8, 4) is 10.4 Å². The van der Waals surface area contributed by atoms with Crippen LogP contribution in [0.25, 0.3) is 10.4 Å². The van der Waals surface area contributed by atoms with Gasteiger partial charge in [0.25, 0.3) is 0 Å². The van der Waals surface area contributed by atoms with E-state index in [1.165, 1.54) is 30.4 Å². The molecule has 1 aromatic carbocycles. The van der Waals surface area contributed by atoms with Gasteiger partial charge in [0.15, 0.2) is 5.78 Å². The van der Waals surface area contributed by atoms with E-state index >= 15 is 0 Å². The zero-order valence-corrected chi connectivity index (χ0v) is 10.9. The van der Waals surface area contributed by atoms with Crippen molar-refractivity contribution in [2.75, 3.05) is 0 Å². The third kappa shape index (κ3) is 2.23. The molecule has 0 bridgehead atoms. The Morgan fingerprint density at radius 2 is 2.06 bits per heavy atom. The van der Waals surface area contributed by atoms with Gasteiger partial charge in [-0.2, -0.15) is 0 Å². The van der Waals surface area contributed by atoms with Crippen LogP contribution >= 0.6 is 27.3 Å². The second kappa shape index (κ2) is 4.47. The lowest BCUT2D eigenvalue weighted by atomic mass is 10.2. The summed E-state index contributed by atoms with van der Waals surface area (Å²) in [5.74, 6) is -0.228. The summed E-state index contributed by atoms with van der Waals surface area (Å²) in [6.45, 7) is 1.54. The van der Waals surface area contributed by atoms with Crippen LogP contribution in [-0.2, 0) is 0 Å². The van der Waals surface area contributed by atoms with Crippen molar-refractivity contribution in [2.45, 2.75) is 6.92 Å². The Kier molecular flexibility index (Phi) is 3.21. The van der Waals surface area contributed by atoms with E-state index in [2.05, 4.69) is 15.9 Å². The molecule has 0 N–H and O–H groups in total. The highest BCUT2D eigenvalue weighted by atomic mass is 79.9. The van der Waals surface area contributed by atoms with Crippen LogP contribution in [0.15, 0.2) is 34.8 Å². The van der Waals surface area contributed by atoms with Crippen LogP contribution in [0, 0.1) is 5.82 Å². The molecule has 0 aliphatic carbocycles. The van der Waals surface area contributed by atoms with Crippen molar-refractivity contribution in [2.24, 2.45) is 0 Å². The predicted molar refractivity (Wildman–Crippen MR) is 67.4 cm³/mol. The van der Waals surface area contributed by atoms with Gasteiger partial charge in [-0.1, -0.05) is 15.9 Å². The zero-order chi connectivity index (χ0) is 11.7. The highest BCUT2D eigenvalue weighted by molar-refractivity contribution is 9.10. The molecule has 1 heterocycles. The van der Waals surface area contributed by atoms with E-state index in [0.717, 1.165) is 10.4 Å². The fraction of sp³-hybridized carbons (Fsp3) is 0.0833. The Hall–Kier alpha value is -1.00. The number of ketones is 1. The molecule has 0 aliphatic heterocycles. The predicted octanol–water partition coefficient (Wildman–Crippen LogP) is 4.52. The average molecular weight is 299 g/mol. The van der Waals surface area contributed by atoms with E-state index in [1.54, 1.807) is 12.1 Å². The minimum atomic E-state index is -0.279. The first-order chi connectivity index (χ1) is 7.58. The van der Waals surface area contributed by atoms with Crippen LogP contribution < -0.4 is 0 Å². The topological polar surface area (TPSA) is 17.1 Å². The number of benzene rings is 1. The van der Waals surface area contributed by atoms with Gasteiger partial charge in [0.2, 0.25) is 0 Å². The van der Waals surface area contributed by atoms with E-state index in [1.807, 2.05) is 6.07 Å². The van der Waals surface area contributed by atoms with Crippen molar-refractivity contribution in [3.05, 3.63) is 45.5 Å². The number of Topliss-reactive ketones (excluding diaryl/α,β-unsaturated/α-hetero) is 1. The van der Waals surface area contributed by atoms with Crippen molar-refractivity contribution < 1.29 is 9.18 Å². The number of thiophene rings is 1. The van der Waals surface area contributed by atoms with Crippen molar-refractivity contribution >= 4 is 33.0 Å². The van der Waals surface area contributed by atoms with Crippen LogP contribution in [0.3, 0.4) is 0 Å². The molecular weight excluding hydrogens is 291 g/mol. The number of hydrogen-bond acceptors (Lipinski definition) is 2. The lowest BCUT2D eigenvalue weighted by molar-refractivity contribution is 0.102. The van der Waals surface area contributed by atoms with Gasteiger partial charge < -0.3 is 0 Å². The van der Waals surface area contributed by atoms with Gasteiger partial charge in [-0.15, -0.1) is 11.3 Å². The van der Waals surface area contributed by atoms with Gasteiger partial charge in [-0.25, -0.2) is 4.39 Å². The van der Waals surface area contributed by atoms with E-state index in [0.29, 0.717) is 9.35 Å². The molecular formula is C12H8BrFOS. The Bertz CT molecular complexity index is 548. The highest BCUT2D eigenvalue weighted by Gasteiger charge is 2.09. The summed E-state index contributed by atoms with van der Waals surface area (Å²) in [5.41, 5.74) is 0.902. The molecule has 82 valence electrons. The normalized spacial score (nSPS) is 10.4. The first-order valence-corrected chi connectivity index (χ1v) is 6.25. The fourth-order valence-corrected chi connectivity index (χ4v) is 3.00. The lowest BCUT2D eigenvalue weighted by Crippen LogP contribution is -1.83. The standard InChI is InChI=1S/C12H8BrFOS/c1-7(15)11-4-5-12(16-11)9-3-2-8(14)6-10(9)13/h2-6H,1H3. The molecule has 2 aromatic rings. The Morgan fingerprint density at radius 1 is 1.31 bits per heavy atom. The summed E-state index contributed by atoms with van der Waals surface area (Å²) in [6.07, 6.45) is 0. The Morgan fingerprint density at radius 3 is 2.62 bits per heavy atom. The van der Waals surface area contributed by atoms with Crippen LogP contribution in [0.4, 0.5) is 4.39 Å². The molecule has 0 saturated heterocycles. The molecule has 4 heteroatoms. The van der Waals surface area contributed by atoms with E-state index < -0.39 is 0 Å². The summed E-state index contributed by atoms with van der Waals surface area (Å²) in [6, 6.07) is 8.20. The van der Waals surface area contributed by atoms with Gasteiger partial charge in [-0.3, -0.25) is 4.79 Å². The second-order valence-corrected chi connectivity index (χ2v) is 5.28. The van der Waals surface area contributed by atoms with Crippen LogP contribution in [0.5, 0.6) is 0 Å². The van der Waals surface area contributed by atoms with E-state index in [-0.39, 0.29) is 11.6 Å². The molecule has 0 amide bonds. The molecule has 1 nitrogen and oxygen atoms in total. The van der Waals surface area contributed by atoms with Gasteiger partial charge in [-0.05, 0) is 37.3 Å². The lowest BCUT2D eigenvalue weighted by Gasteiger charge is -2.00. The number of hydrogen-bond donors (Lipinski definition) is 0. The molecule has 0 atom stereocenters. The molecule has 1 aromatic heterocycles. The number of halogens is 2. The summed E-state index contributed by atoms with van der Waals surface area (Å²) in [5, 5.41) is 0. The summed E-state index contributed by atoms with van der Waals surface area (Å²) >= 11 is 4.72. The number of carbonyl (C=O) groups excluding carboxylic acids is 1. The van der Waals surface area contributed by atoms with Crippen molar-refractivity contribution in [1.82, 2.24) is 0 Å². The highest BCUT2D eigenvalue weighted by Crippen LogP contribution is 2.34. The molecule has 16 heavy (non-hydrogen) atoms. The van der Waals surface area contributed by atoms with Gasteiger partial charge >= 0.3 is 0 Å². The molecule has 0 fully saturated rings. The second-order valence-electron chi connectivity index (χ2n) is 3.34. The first kappa shape index (κ1) is 11.5. The summed E-state index contributed by atoms with van der Waals surface area (Å²) in [7, 11) is 0. The van der Waals surface area contributed by atoms with Crippen LogP contribution in [0.1, 0.15) is 16.6 Å². The number of rotatable bonds is 2. The molecule has 0 saturated carbocycles. The third-order valence-electron chi connectivity index (χ3n) is 2.15. The van der Waals surface area contributed by atoms with Crippen molar-refractivity contribution in [3.63, 3.8) is 0 Å². The van der Waals surface area contributed by atoms with Crippen LogP contribution in [0.2, 0.25) is 0 Å². The summed E-state index contributed by atoms with van der Waals surface area (Å²) < 4.78 is 13.6.